The van der Waals surface area contributed by atoms with Gasteiger partial charge in [0.15, 0.2) is 0 Å². The first-order valence-corrected chi connectivity index (χ1v) is 14.9. The Hall–Kier alpha value is -4.40. The van der Waals surface area contributed by atoms with E-state index in [9.17, 15) is 0 Å². The Morgan fingerprint density at radius 2 is 1.30 bits per heavy atom. The van der Waals surface area contributed by atoms with Crippen molar-refractivity contribution in [1.82, 2.24) is 4.98 Å². The molecule has 0 aliphatic carbocycles. The summed E-state index contributed by atoms with van der Waals surface area (Å²) in [5, 5.41) is 2.99. The molecule has 5 aromatic carbocycles. The van der Waals surface area contributed by atoms with Gasteiger partial charge in [0, 0.05) is 42.7 Å². The Kier molecular flexibility index (Phi) is 6.34. The van der Waals surface area contributed by atoms with Crippen LogP contribution < -0.4 is 25.5 Å². The average molecular weight is 660 g/mol. The quantitative estimate of drug-likeness (QED) is 0.148. The summed E-state index contributed by atoms with van der Waals surface area (Å²) in [6, 6.07) is 44.4. The minimum absolute atomic E-state index is 0. The molecule has 0 saturated carbocycles. The number of aromatic nitrogens is 1. The first-order valence-electron chi connectivity index (χ1n) is 14.0. The molecule has 0 saturated heterocycles. The molecule has 4 heterocycles. The van der Waals surface area contributed by atoms with Crippen LogP contribution in [-0.4, -0.2) is 11.8 Å². The topological polar surface area (TPSA) is 22.6 Å². The van der Waals surface area contributed by atoms with E-state index < -0.39 is 0 Å². The number of thiazole rings is 1. The molecule has 9 rings (SSSR count). The van der Waals surface area contributed by atoms with Crippen molar-refractivity contribution in [2.45, 2.75) is 0 Å². The van der Waals surface area contributed by atoms with Gasteiger partial charge in [-0.25, -0.2) is 0 Å². The summed E-state index contributed by atoms with van der Waals surface area (Å²) in [6.45, 7) is 2.11. The van der Waals surface area contributed by atoms with Gasteiger partial charge in [-0.2, -0.15) is 17.4 Å². The standard InChI is InChI=1S/C36H22BN4S.Pd/c1-2-8-26(9-3-1)39-19-20-40(24-39)27-15-17-31-29-11-5-7-13-33(29)37-32-12-6-4-10-28(32)30-16-14-25(36-38-18-21-42-36)22-34(30)41(37)35(31)23-27;/h1-21,24H;/q-3;. The Labute approximate surface area is 269 Å². The van der Waals surface area contributed by atoms with Gasteiger partial charge < -0.3 is 14.6 Å². The maximum absolute atomic E-state index is 4.60. The van der Waals surface area contributed by atoms with Crippen molar-refractivity contribution in [1.29, 1.82) is 0 Å². The number of nitrogens with zero attached hydrogens (tertiary/aromatic N) is 4. The van der Waals surface area contributed by atoms with Crippen molar-refractivity contribution >= 4 is 51.9 Å². The van der Waals surface area contributed by atoms with Gasteiger partial charge in [-0.1, -0.05) is 106 Å². The van der Waals surface area contributed by atoms with E-state index in [0.29, 0.717) is 0 Å². The van der Waals surface area contributed by atoms with Gasteiger partial charge in [-0.05, 0) is 24.5 Å². The molecule has 43 heavy (non-hydrogen) atoms. The third-order valence-corrected chi connectivity index (χ3v) is 9.10. The summed E-state index contributed by atoms with van der Waals surface area (Å²) < 4.78 is 0. The number of hydrogen-bond acceptors (Lipinski definition) is 5. The molecule has 0 N–H and O–H groups in total. The molecule has 1 aromatic heterocycles. The molecule has 208 valence electrons. The number of benzene rings is 5. The maximum Gasteiger partial charge on any atom is 0.324 e. The number of para-hydroxylation sites is 1. The number of hydrogen-bond donors (Lipinski definition) is 0. The zero-order chi connectivity index (χ0) is 27.6. The van der Waals surface area contributed by atoms with Crippen LogP contribution in [0.3, 0.4) is 0 Å². The largest absolute Gasteiger partial charge is 0.500 e. The van der Waals surface area contributed by atoms with Crippen molar-refractivity contribution in [3.05, 3.63) is 146 Å². The molecule has 7 heteroatoms. The van der Waals surface area contributed by atoms with Gasteiger partial charge in [-0.3, -0.25) is 4.98 Å². The minimum atomic E-state index is 0. The van der Waals surface area contributed by atoms with Crippen LogP contribution >= 0.6 is 11.3 Å². The van der Waals surface area contributed by atoms with Gasteiger partial charge in [0.1, 0.15) is 0 Å². The van der Waals surface area contributed by atoms with E-state index in [2.05, 4.69) is 148 Å². The van der Waals surface area contributed by atoms with Crippen LogP contribution in [0.15, 0.2) is 127 Å². The zero-order valence-corrected chi connectivity index (χ0v) is 25.2. The SMILES string of the molecule is [Pd].[c-]1c(-c2nccs2)ccc2c1N1B(c3ccccc3-2)c2ccccc2-c2ccc(N3C=CN(c4ccccc4)[CH-]3)[c-]c21. The van der Waals surface area contributed by atoms with Crippen LogP contribution in [0.1, 0.15) is 0 Å². The summed E-state index contributed by atoms with van der Waals surface area (Å²) in [7, 11) is 0. The van der Waals surface area contributed by atoms with E-state index in [1.54, 1.807) is 11.3 Å². The third-order valence-electron chi connectivity index (χ3n) is 8.30. The Balaban J connectivity index is 0.00000278. The summed E-state index contributed by atoms with van der Waals surface area (Å²) in [6.07, 6.45) is 6.03. The molecular weight excluding hydrogens is 638 g/mol. The van der Waals surface area contributed by atoms with Crippen LogP contribution in [0, 0.1) is 18.8 Å². The molecule has 4 nitrogen and oxygen atoms in total. The molecule has 0 unspecified atom stereocenters. The van der Waals surface area contributed by atoms with Crippen molar-refractivity contribution in [2.75, 3.05) is 14.6 Å². The van der Waals surface area contributed by atoms with Gasteiger partial charge in [-0.15, -0.1) is 53.8 Å². The summed E-state index contributed by atoms with van der Waals surface area (Å²) >= 11 is 1.64. The van der Waals surface area contributed by atoms with Crippen molar-refractivity contribution in [3.8, 4) is 32.8 Å². The van der Waals surface area contributed by atoms with Crippen molar-refractivity contribution < 1.29 is 20.4 Å². The second kappa shape index (κ2) is 10.4. The van der Waals surface area contributed by atoms with Crippen molar-refractivity contribution in [2.24, 2.45) is 0 Å². The van der Waals surface area contributed by atoms with Crippen LogP contribution in [0.4, 0.5) is 22.7 Å². The van der Waals surface area contributed by atoms with Crippen LogP contribution in [0.2, 0.25) is 0 Å². The summed E-state index contributed by atoms with van der Waals surface area (Å²) in [4.78, 5) is 11.3. The minimum Gasteiger partial charge on any atom is -0.500 e. The van der Waals surface area contributed by atoms with E-state index in [0.717, 1.165) is 33.3 Å². The Morgan fingerprint density at radius 3 is 2.02 bits per heavy atom. The molecule has 3 aliphatic rings. The molecule has 6 aromatic rings. The summed E-state index contributed by atoms with van der Waals surface area (Å²) in [5.74, 6) is 0. The molecule has 3 aliphatic heterocycles. The molecular formula is C36H22BN4PdS-3. The molecule has 0 amide bonds. The van der Waals surface area contributed by atoms with Crippen LogP contribution in [0.25, 0.3) is 32.8 Å². The van der Waals surface area contributed by atoms with Crippen molar-refractivity contribution in [3.63, 3.8) is 0 Å². The maximum atomic E-state index is 4.60. The van der Waals surface area contributed by atoms with Crippen LogP contribution in [-0.2, 0) is 20.4 Å². The molecule has 0 bridgehead atoms. The predicted molar refractivity (Wildman–Crippen MR) is 175 cm³/mol. The second-order valence-corrected chi connectivity index (χ2v) is 11.5. The number of anilines is 4. The fourth-order valence-corrected chi connectivity index (χ4v) is 7.05. The van der Waals surface area contributed by atoms with E-state index >= 15 is 0 Å². The number of rotatable bonds is 3. The first kappa shape index (κ1) is 26.2. The Bertz CT molecular complexity index is 2010. The average Bonchev–Trinajstić information content (AvgIpc) is 3.78. The molecule has 0 radical (unpaired) electrons. The fourth-order valence-electron chi connectivity index (χ4n) is 6.43. The molecule has 0 fully saturated rings. The Morgan fingerprint density at radius 1 is 0.651 bits per heavy atom. The van der Waals surface area contributed by atoms with Gasteiger partial charge >= 0.3 is 6.85 Å². The molecule has 0 atom stereocenters. The second-order valence-electron chi connectivity index (χ2n) is 10.6. The van der Waals surface area contributed by atoms with Crippen LogP contribution in [0.5, 0.6) is 0 Å². The summed E-state index contributed by atoms with van der Waals surface area (Å²) in [5.41, 5.74) is 12.7. The van der Waals surface area contributed by atoms with Gasteiger partial charge in [0.05, 0.1) is 0 Å². The number of fused-ring (bicyclic) bond motifs is 11. The van der Waals surface area contributed by atoms with Gasteiger partial charge in [0.25, 0.3) is 0 Å². The first-order chi connectivity index (χ1) is 20.8. The van der Waals surface area contributed by atoms with E-state index in [4.69, 9.17) is 0 Å². The van der Waals surface area contributed by atoms with E-state index in [1.165, 1.54) is 33.2 Å². The van der Waals surface area contributed by atoms with E-state index in [-0.39, 0.29) is 27.3 Å². The van der Waals surface area contributed by atoms with Gasteiger partial charge in [0.2, 0.25) is 0 Å². The normalized spacial score (nSPS) is 14.0. The fraction of sp³-hybridized carbons (Fsp3) is 0. The smallest absolute Gasteiger partial charge is 0.324 e. The zero-order valence-electron chi connectivity index (χ0n) is 22.8. The molecule has 0 spiro atoms. The van der Waals surface area contributed by atoms with E-state index in [1.807, 2.05) is 17.6 Å². The monoisotopic (exact) mass is 659 g/mol. The third kappa shape index (κ3) is 4.12. The predicted octanol–water partition coefficient (Wildman–Crippen LogP) is 7.23.